The number of benzene rings is 2. The van der Waals surface area contributed by atoms with Gasteiger partial charge in [0.25, 0.3) is 5.56 Å². The van der Waals surface area contributed by atoms with Crippen LogP contribution in [-0.2, 0) is 0 Å². The van der Waals surface area contributed by atoms with Gasteiger partial charge >= 0.3 is 0 Å². The molecule has 1 heterocycles. The number of hydrogen-bond acceptors (Lipinski definition) is 5. The van der Waals surface area contributed by atoms with E-state index in [0.717, 1.165) is 0 Å². The molecule has 3 aromatic rings. The van der Waals surface area contributed by atoms with Gasteiger partial charge in [-0.15, -0.1) is 0 Å². The number of nitrogens with zero attached hydrogens (tertiary/aromatic N) is 2. The fourth-order valence-corrected chi connectivity index (χ4v) is 2.34. The average molecular weight is 354 g/mol. The average Bonchev–Trinajstić information content (AvgIpc) is 2.62. The quantitative estimate of drug-likeness (QED) is 0.553. The van der Waals surface area contributed by atoms with Gasteiger partial charge in [0.15, 0.2) is 11.6 Å². The number of aromatic amines is 1. The molecule has 0 spiro atoms. The second-order valence-corrected chi connectivity index (χ2v) is 5.54. The molecule has 0 saturated carbocycles. The molecule has 0 unspecified atom stereocenters. The normalized spacial score (nSPS) is 11.7. The van der Waals surface area contributed by atoms with E-state index < -0.39 is 0 Å². The maximum atomic E-state index is 12.1. The monoisotopic (exact) mass is 353 g/mol. The Morgan fingerprint density at radius 2 is 1.96 bits per heavy atom. The van der Waals surface area contributed by atoms with Crippen molar-refractivity contribution in [1.82, 2.24) is 9.97 Å². The molecule has 1 aromatic heterocycles. The van der Waals surface area contributed by atoms with Crippen molar-refractivity contribution in [3.05, 3.63) is 75.5 Å². The Labute approximate surface area is 147 Å². The molecule has 3 rings (SSSR count). The summed E-state index contributed by atoms with van der Waals surface area (Å²) in [7, 11) is 0. The molecular weight excluding hydrogens is 342 g/mol. The molecule has 124 valence electrons. The number of aliphatic hydroxyl groups excluding tert-OH is 1. The van der Waals surface area contributed by atoms with Gasteiger partial charge in [-0.1, -0.05) is 23.7 Å². The molecule has 0 atom stereocenters. The predicted molar refractivity (Wildman–Crippen MR) is 94.5 cm³/mol. The third kappa shape index (κ3) is 3.62. The van der Waals surface area contributed by atoms with Crippen LogP contribution in [0.2, 0.25) is 5.02 Å². The van der Waals surface area contributed by atoms with Crippen molar-refractivity contribution >= 4 is 28.1 Å². The van der Waals surface area contributed by atoms with Crippen LogP contribution in [0.1, 0.15) is 5.82 Å². The van der Waals surface area contributed by atoms with Crippen LogP contribution in [0.3, 0.4) is 0 Å². The maximum Gasteiger partial charge on any atom is 0.259 e. The summed E-state index contributed by atoms with van der Waals surface area (Å²) in [4.78, 5) is 18.8. The Morgan fingerprint density at radius 1 is 1.24 bits per heavy atom. The molecule has 0 aliphatic rings. The van der Waals surface area contributed by atoms with Gasteiger partial charge in [0, 0.05) is 5.02 Å². The summed E-state index contributed by atoms with van der Waals surface area (Å²) in [5, 5.41) is 20.5. The Hall–Kier alpha value is -3.30. The number of ether oxygens (including phenoxy) is 1. The number of aliphatic hydroxyl groups is 1. The summed E-state index contributed by atoms with van der Waals surface area (Å²) in [6.07, 6.45) is 0. The van der Waals surface area contributed by atoms with Crippen LogP contribution in [-0.4, -0.2) is 21.7 Å². The van der Waals surface area contributed by atoms with E-state index >= 15 is 0 Å². The molecule has 0 aliphatic carbocycles. The van der Waals surface area contributed by atoms with Crippen molar-refractivity contribution < 1.29 is 9.84 Å². The smallest absolute Gasteiger partial charge is 0.259 e. The van der Waals surface area contributed by atoms with Crippen LogP contribution in [0, 0.1) is 11.3 Å². The number of hydrogen-bond donors (Lipinski definition) is 2. The fraction of sp³-hybridized carbons (Fsp3) is 0.0556. The van der Waals surface area contributed by atoms with Crippen molar-refractivity contribution in [2.24, 2.45) is 0 Å². The van der Waals surface area contributed by atoms with Gasteiger partial charge in [0.2, 0.25) is 0 Å². The van der Waals surface area contributed by atoms with Crippen LogP contribution in [0.5, 0.6) is 5.75 Å². The van der Waals surface area contributed by atoms with Crippen molar-refractivity contribution in [2.75, 3.05) is 6.61 Å². The number of fused-ring (bicyclic) bond motifs is 1. The predicted octanol–water partition coefficient (Wildman–Crippen LogP) is 3.45. The van der Waals surface area contributed by atoms with Gasteiger partial charge in [0.05, 0.1) is 10.9 Å². The van der Waals surface area contributed by atoms with Crippen molar-refractivity contribution in [3.8, 4) is 11.8 Å². The molecule has 0 radical (unpaired) electrons. The summed E-state index contributed by atoms with van der Waals surface area (Å²) in [5.74, 6) is 0.132. The van der Waals surface area contributed by atoms with Gasteiger partial charge in [-0.05, 0) is 36.4 Å². The number of H-pyrrole nitrogens is 1. The highest BCUT2D eigenvalue weighted by molar-refractivity contribution is 6.30. The van der Waals surface area contributed by atoms with Crippen LogP contribution in [0.15, 0.2) is 59.1 Å². The minimum Gasteiger partial charge on any atom is -0.507 e. The van der Waals surface area contributed by atoms with E-state index in [1.165, 1.54) is 0 Å². The standard InChI is InChI=1S/C18H12ClN3O3/c19-11-5-7-12(8-6-11)25-10-16(23)14(9-20)17-21-15-4-2-1-3-13(15)18(24)22-17/h1-8,23H,10H2,(H,21,22,24)/b16-14+. The maximum absolute atomic E-state index is 12.1. The van der Waals surface area contributed by atoms with E-state index in [0.29, 0.717) is 21.7 Å². The molecule has 2 aromatic carbocycles. The number of halogens is 1. The van der Waals surface area contributed by atoms with Gasteiger partial charge in [-0.25, -0.2) is 4.98 Å². The summed E-state index contributed by atoms with van der Waals surface area (Å²) < 4.78 is 5.41. The fourth-order valence-electron chi connectivity index (χ4n) is 2.21. The molecule has 6 nitrogen and oxygen atoms in total. The number of para-hydroxylation sites is 1. The lowest BCUT2D eigenvalue weighted by Crippen LogP contribution is -2.13. The van der Waals surface area contributed by atoms with Crippen LogP contribution < -0.4 is 10.3 Å². The molecule has 0 fully saturated rings. The van der Waals surface area contributed by atoms with E-state index in [-0.39, 0.29) is 29.3 Å². The highest BCUT2D eigenvalue weighted by Gasteiger charge is 2.13. The minimum absolute atomic E-state index is 0.0107. The zero-order valence-corrected chi connectivity index (χ0v) is 13.6. The lowest BCUT2D eigenvalue weighted by Gasteiger charge is -2.08. The first-order chi connectivity index (χ1) is 12.1. The summed E-state index contributed by atoms with van der Waals surface area (Å²) in [5.41, 5.74) is -0.114. The first-order valence-corrected chi connectivity index (χ1v) is 7.66. The third-order valence-electron chi connectivity index (χ3n) is 3.44. The zero-order chi connectivity index (χ0) is 17.8. The summed E-state index contributed by atoms with van der Waals surface area (Å²) in [6, 6.07) is 15.2. The molecule has 0 amide bonds. The molecule has 7 heteroatoms. The second kappa shape index (κ2) is 7.07. The van der Waals surface area contributed by atoms with E-state index in [9.17, 15) is 15.2 Å². The van der Waals surface area contributed by atoms with Crippen molar-refractivity contribution in [3.63, 3.8) is 0 Å². The number of nitriles is 1. The number of aromatic nitrogens is 2. The summed E-state index contributed by atoms with van der Waals surface area (Å²) >= 11 is 5.79. The third-order valence-corrected chi connectivity index (χ3v) is 3.69. The van der Waals surface area contributed by atoms with E-state index in [4.69, 9.17) is 16.3 Å². The highest BCUT2D eigenvalue weighted by Crippen LogP contribution is 2.18. The number of rotatable bonds is 4. The van der Waals surface area contributed by atoms with E-state index in [2.05, 4.69) is 9.97 Å². The van der Waals surface area contributed by atoms with Gasteiger partial charge in [-0.2, -0.15) is 5.26 Å². The molecule has 0 saturated heterocycles. The van der Waals surface area contributed by atoms with Crippen LogP contribution in [0.4, 0.5) is 0 Å². The minimum atomic E-state index is -0.389. The Morgan fingerprint density at radius 3 is 2.68 bits per heavy atom. The van der Waals surface area contributed by atoms with Crippen LogP contribution in [0.25, 0.3) is 16.5 Å². The van der Waals surface area contributed by atoms with Crippen molar-refractivity contribution in [2.45, 2.75) is 0 Å². The Balaban J connectivity index is 1.92. The highest BCUT2D eigenvalue weighted by atomic mass is 35.5. The number of allylic oxidation sites excluding steroid dienone is 1. The Kier molecular flexibility index (Phi) is 4.68. The first-order valence-electron chi connectivity index (χ1n) is 7.28. The van der Waals surface area contributed by atoms with Gasteiger partial charge in [-0.3, -0.25) is 4.79 Å². The second-order valence-electron chi connectivity index (χ2n) is 5.11. The molecule has 0 aliphatic heterocycles. The van der Waals surface area contributed by atoms with Crippen molar-refractivity contribution in [1.29, 1.82) is 5.26 Å². The largest absolute Gasteiger partial charge is 0.507 e. The molecule has 25 heavy (non-hydrogen) atoms. The SMILES string of the molecule is N#C/C(=C(\O)COc1ccc(Cl)cc1)c1nc2ccccc2c(=O)[nH]1. The van der Waals surface area contributed by atoms with E-state index in [1.54, 1.807) is 48.5 Å². The Bertz CT molecular complexity index is 1050. The topological polar surface area (TPSA) is 99.0 Å². The summed E-state index contributed by atoms with van der Waals surface area (Å²) in [6.45, 7) is -0.249. The molecule has 2 N–H and O–H groups in total. The van der Waals surface area contributed by atoms with Gasteiger partial charge < -0.3 is 14.8 Å². The molecule has 0 bridgehead atoms. The first kappa shape index (κ1) is 16.6. The number of nitrogens with one attached hydrogen (secondary N) is 1. The van der Waals surface area contributed by atoms with Crippen LogP contribution >= 0.6 is 11.6 Å². The lowest BCUT2D eigenvalue weighted by molar-refractivity contribution is 0.272. The van der Waals surface area contributed by atoms with E-state index in [1.807, 2.05) is 6.07 Å². The lowest BCUT2D eigenvalue weighted by atomic mass is 10.2. The zero-order valence-electron chi connectivity index (χ0n) is 12.9. The molecular formula is C18H12ClN3O3. The van der Waals surface area contributed by atoms with Gasteiger partial charge in [0.1, 0.15) is 24.0 Å².